The van der Waals surface area contributed by atoms with Gasteiger partial charge in [0.05, 0.1) is 20.9 Å². The van der Waals surface area contributed by atoms with E-state index in [9.17, 15) is 23.6 Å². The van der Waals surface area contributed by atoms with Crippen molar-refractivity contribution in [2.45, 2.75) is 0 Å². The van der Waals surface area contributed by atoms with Gasteiger partial charge in [-0.3, -0.25) is 19.1 Å². The van der Waals surface area contributed by atoms with E-state index in [1.807, 2.05) is 6.07 Å². The van der Waals surface area contributed by atoms with E-state index in [0.29, 0.717) is 5.69 Å². The van der Waals surface area contributed by atoms with Crippen molar-refractivity contribution in [3.63, 3.8) is 0 Å². The zero-order valence-electron chi connectivity index (χ0n) is 17.1. The standard InChI is InChI=1S/C24H13ClF2N4O2S/c25-19-11-16(6-9-20(19)27)30-22(32)18(13-28)24-31(17-7-4-14(26)5-8-17)23(33)21(34-24)12-15-3-1-2-10-29-15/h1-12H,(H,30,32). The Morgan fingerprint density at radius 2 is 1.91 bits per heavy atom. The molecule has 168 valence electrons. The molecule has 34 heavy (non-hydrogen) atoms. The second-order valence-corrected chi connectivity index (χ2v) is 8.30. The number of carbonyl (C=O) groups excluding carboxylic acids is 1. The van der Waals surface area contributed by atoms with Crippen LogP contribution in [0.3, 0.4) is 0 Å². The van der Waals surface area contributed by atoms with Crippen LogP contribution >= 0.6 is 22.9 Å². The number of anilines is 1. The van der Waals surface area contributed by atoms with Gasteiger partial charge < -0.3 is 5.32 Å². The number of hydrogen-bond donors (Lipinski definition) is 1. The molecule has 0 saturated heterocycles. The number of hydrogen-bond acceptors (Lipinski definition) is 5. The van der Waals surface area contributed by atoms with E-state index in [4.69, 9.17) is 11.6 Å². The highest BCUT2D eigenvalue weighted by atomic mass is 35.5. The average molecular weight is 495 g/mol. The Kier molecular flexibility index (Phi) is 6.63. The summed E-state index contributed by atoms with van der Waals surface area (Å²) in [5.41, 5.74) is 0.0538. The molecule has 0 aliphatic rings. The Hall–Kier alpha value is -4.13. The summed E-state index contributed by atoms with van der Waals surface area (Å²) < 4.78 is 28.3. The van der Waals surface area contributed by atoms with E-state index < -0.39 is 23.1 Å². The van der Waals surface area contributed by atoms with E-state index in [1.165, 1.54) is 30.3 Å². The number of nitriles is 1. The summed E-state index contributed by atoms with van der Waals surface area (Å²) >= 11 is 6.68. The molecule has 2 aromatic carbocycles. The number of pyridine rings is 1. The number of aromatic nitrogens is 2. The van der Waals surface area contributed by atoms with Crippen molar-refractivity contribution in [2.24, 2.45) is 0 Å². The Balaban J connectivity index is 1.94. The van der Waals surface area contributed by atoms with Crippen LogP contribution in [0.15, 0.2) is 71.7 Å². The summed E-state index contributed by atoms with van der Waals surface area (Å²) in [6.07, 6.45) is 3.09. The third kappa shape index (κ3) is 4.78. The van der Waals surface area contributed by atoms with Gasteiger partial charge in [-0.2, -0.15) is 5.26 Å². The van der Waals surface area contributed by atoms with Gasteiger partial charge in [-0.05, 0) is 60.7 Å². The third-order valence-corrected chi connectivity index (χ3v) is 5.99. The minimum atomic E-state index is -0.827. The first-order chi connectivity index (χ1) is 16.4. The van der Waals surface area contributed by atoms with Gasteiger partial charge in [0.2, 0.25) is 0 Å². The molecule has 10 heteroatoms. The molecule has 6 nitrogen and oxygen atoms in total. The molecule has 0 atom stereocenters. The fraction of sp³-hybridized carbons (Fsp3) is 0. The number of halogens is 3. The molecule has 0 saturated carbocycles. The molecular formula is C24H13ClF2N4O2S. The molecular weight excluding hydrogens is 482 g/mol. The molecule has 1 amide bonds. The number of nitrogens with zero attached hydrogens (tertiary/aromatic N) is 3. The number of carbonyl (C=O) groups is 1. The lowest BCUT2D eigenvalue weighted by atomic mass is 10.2. The Morgan fingerprint density at radius 1 is 1.15 bits per heavy atom. The summed E-state index contributed by atoms with van der Waals surface area (Å²) in [7, 11) is 0. The van der Waals surface area contributed by atoms with E-state index in [0.717, 1.165) is 34.1 Å². The molecule has 0 aliphatic carbocycles. The lowest BCUT2D eigenvalue weighted by molar-refractivity contribution is -0.111. The maximum atomic E-state index is 13.5. The number of benzene rings is 2. The van der Waals surface area contributed by atoms with Crippen LogP contribution in [-0.2, 0) is 4.79 Å². The third-order valence-electron chi connectivity index (χ3n) is 4.61. The second kappa shape index (κ2) is 9.79. The van der Waals surface area contributed by atoms with Crippen molar-refractivity contribution >= 4 is 46.2 Å². The summed E-state index contributed by atoms with van der Waals surface area (Å²) in [4.78, 5) is 30.4. The van der Waals surface area contributed by atoms with Crippen molar-refractivity contribution in [2.75, 3.05) is 5.32 Å². The summed E-state index contributed by atoms with van der Waals surface area (Å²) in [6.45, 7) is 0. The predicted molar refractivity (Wildman–Crippen MR) is 126 cm³/mol. The fourth-order valence-corrected chi connectivity index (χ4v) is 4.30. The SMILES string of the molecule is N#CC(C(=O)Nc1ccc(F)c(Cl)c1)=c1sc(=Cc2ccccn2)c(=O)n1-c1ccc(F)cc1. The van der Waals surface area contributed by atoms with Crippen molar-refractivity contribution in [1.29, 1.82) is 5.26 Å². The van der Waals surface area contributed by atoms with Crippen LogP contribution in [0.25, 0.3) is 17.3 Å². The summed E-state index contributed by atoms with van der Waals surface area (Å²) in [5, 5.41) is 12.1. The monoisotopic (exact) mass is 494 g/mol. The lowest BCUT2D eigenvalue weighted by Gasteiger charge is -2.06. The first kappa shape index (κ1) is 23.0. The van der Waals surface area contributed by atoms with Crippen LogP contribution in [0.1, 0.15) is 5.69 Å². The van der Waals surface area contributed by atoms with Crippen molar-refractivity contribution in [3.8, 4) is 11.8 Å². The van der Waals surface area contributed by atoms with E-state index in [2.05, 4.69) is 10.3 Å². The molecule has 2 heterocycles. The largest absolute Gasteiger partial charge is 0.321 e. The molecule has 2 aromatic heterocycles. The van der Waals surface area contributed by atoms with E-state index >= 15 is 0 Å². The minimum Gasteiger partial charge on any atom is -0.321 e. The normalized spacial score (nSPS) is 12.2. The van der Waals surface area contributed by atoms with Crippen molar-refractivity contribution in [3.05, 3.63) is 109 Å². The number of nitrogens with one attached hydrogen (secondary N) is 1. The first-order valence-electron chi connectivity index (χ1n) is 9.69. The zero-order chi connectivity index (χ0) is 24.2. The predicted octanol–water partition coefficient (Wildman–Crippen LogP) is 3.37. The highest BCUT2D eigenvalue weighted by Crippen LogP contribution is 2.19. The number of amides is 1. The summed E-state index contributed by atoms with van der Waals surface area (Å²) in [6, 6.07) is 15.6. The Labute approximate surface area is 200 Å². The number of rotatable bonds is 4. The minimum absolute atomic E-state index is 0.0343. The van der Waals surface area contributed by atoms with Gasteiger partial charge in [0.15, 0.2) is 5.57 Å². The van der Waals surface area contributed by atoms with Gasteiger partial charge in [0.25, 0.3) is 11.5 Å². The van der Waals surface area contributed by atoms with E-state index in [1.54, 1.807) is 24.4 Å². The lowest BCUT2D eigenvalue weighted by Crippen LogP contribution is -2.32. The molecule has 4 rings (SSSR count). The van der Waals surface area contributed by atoms with Gasteiger partial charge in [-0.15, -0.1) is 11.3 Å². The average Bonchev–Trinajstić information content (AvgIpc) is 3.13. The molecule has 0 unspecified atom stereocenters. The van der Waals surface area contributed by atoms with E-state index in [-0.39, 0.29) is 31.2 Å². The zero-order valence-corrected chi connectivity index (χ0v) is 18.7. The Bertz CT molecular complexity index is 1610. The maximum Gasteiger partial charge on any atom is 0.273 e. The van der Waals surface area contributed by atoms with Crippen LogP contribution in [0.2, 0.25) is 5.02 Å². The van der Waals surface area contributed by atoms with Gasteiger partial charge in [0.1, 0.15) is 22.4 Å². The second-order valence-electron chi connectivity index (χ2n) is 6.86. The first-order valence-corrected chi connectivity index (χ1v) is 10.9. The molecule has 0 radical (unpaired) electrons. The molecule has 0 bridgehead atoms. The maximum absolute atomic E-state index is 13.5. The highest BCUT2D eigenvalue weighted by Gasteiger charge is 2.18. The van der Waals surface area contributed by atoms with Gasteiger partial charge >= 0.3 is 0 Å². The number of thiazole rings is 1. The van der Waals surface area contributed by atoms with Crippen molar-refractivity contribution < 1.29 is 13.6 Å². The molecule has 4 aromatic rings. The van der Waals surface area contributed by atoms with Crippen LogP contribution in [-0.4, -0.2) is 15.5 Å². The van der Waals surface area contributed by atoms with Crippen LogP contribution < -0.4 is 20.1 Å². The van der Waals surface area contributed by atoms with Crippen LogP contribution in [0, 0.1) is 23.0 Å². The molecule has 0 spiro atoms. The smallest absolute Gasteiger partial charge is 0.273 e. The molecule has 1 N–H and O–H groups in total. The van der Waals surface area contributed by atoms with Crippen molar-refractivity contribution in [1.82, 2.24) is 9.55 Å². The highest BCUT2D eigenvalue weighted by molar-refractivity contribution is 7.07. The molecule has 0 aliphatic heterocycles. The summed E-state index contributed by atoms with van der Waals surface area (Å²) in [5.74, 6) is -2.00. The Morgan fingerprint density at radius 3 is 2.56 bits per heavy atom. The topological polar surface area (TPSA) is 87.8 Å². The van der Waals surface area contributed by atoms with Crippen LogP contribution in [0.5, 0.6) is 0 Å². The fourth-order valence-electron chi connectivity index (χ4n) is 3.03. The molecule has 0 fully saturated rings. The van der Waals surface area contributed by atoms with Gasteiger partial charge in [-0.25, -0.2) is 8.78 Å². The van der Waals surface area contributed by atoms with Gasteiger partial charge in [-0.1, -0.05) is 17.7 Å². The van der Waals surface area contributed by atoms with Gasteiger partial charge in [0, 0.05) is 11.9 Å². The quantitative estimate of drug-likeness (QED) is 0.471. The van der Waals surface area contributed by atoms with Crippen LogP contribution in [0.4, 0.5) is 14.5 Å².